The van der Waals surface area contributed by atoms with Gasteiger partial charge in [-0.15, -0.1) is 5.10 Å². The maximum atomic E-state index is 12.8. The third-order valence-corrected chi connectivity index (χ3v) is 5.66. The number of hydrogen-bond acceptors (Lipinski definition) is 5. The quantitative estimate of drug-likeness (QED) is 0.857. The number of amides is 2. The molecule has 9 nitrogen and oxygen atoms in total. The molecule has 1 aliphatic heterocycles. The molecule has 1 aliphatic carbocycles. The van der Waals surface area contributed by atoms with Crippen LogP contribution in [0.3, 0.4) is 0 Å². The molecule has 0 radical (unpaired) electrons. The minimum atomic E-state index is -0.626. The predicted molar refractivity (Wildman–Crippen MR) is 103 cm³/mol. The summed E-state index contributed by atoms with van der Waals surface area (Å²) in [7, 11) is 1.70. The zero-order valence-electron chi connectivity index (χ0n) is 16.8. The Hall–Kier alpha value is -2.71. The van der Waals surface area contributed by atoms with Crippen molar-refractivity contribution in [3.05, 3.63) is 23.9 Å². The minimum Gasteiger partial charge on any atom is -0.337 e. The summed E-state index contributed by atoms with van der Waals surface area (Å²) in [6.45, 7) is 7.75. The number of carbonyl (C=O) groups is 2. The van der Waals surface area contributed by atoms with Crippen LogP contribution in [0.4, 0.5) is 5.82 Å². The van der Waals surface area contributed by atoms with Crippen LogP contribution in [0.2, 0.25) is 0 Å². The van der Waals surface area contributed by atoms with Gasteiger partial charge in [0.2, 0.25) is 5.82 Å². The molecule has 28 heavy (non-hydrogen) atoms. The van der Waals surface area contributed by atoms with E-state index in [1.807, 2.05) is 13.0 Å². The van der Waals surface area contributed by atoms with Crippen molar-refractivity contribution in [2.45, 2.75) is 59.2 Å². The van der Waals surface area contributed by atoms with Crippen LogP contribution in [-0.2, 0) is 17.9 Å². The maximum absolute atomic E-state index is 12.8. The van der Waals surface area contributed by atoms with E-state index in [4.69, 9.17) is 0 Å². The predicted octanol–water partition coefficient (Wildman–Crippen LogP) is 1.38. The molecule has 150 valence electrons. The summed E-state index contributed by atoms with van der Waals surface area (Å²) in [5.74, 6) is 0.839. The number of likely N-dealkylation sites (N-methyl/N-ethyl adjacent to an activating group) is 1. The highest BCUT2D eigenvalue weighted by molar-refractivity contribution is 6.00. The number of aryl methyl sites for hydroxylation is 2. The molecule has 0 saturated heterocycles. The lowest BCUT2D eigenvalue weighted by Gasteiger charge is -2.42. The van der Waals surface area contributed by atoms with Crippen LogP contribution >= 0.6 is 0 Å². The highest BCUT2D eigenvalue weighted by Crippen LogP contribution is 2.45. The standard InChI is InChI=1S/C19H27N7O2/c1-12-7-15-24(4)18(28)14(5-6-26(15)22-12)21-17(27)16-20-11-25(23-16)10-13-8-19(2,3)9-13/h7,11,13-14H,5-6,8-10H2,1-4H3,(H,21,27)/t14-/m0/s1. The molecule has 1 atom stereocenters. The monoisotopic (exact) mass is 385 g/mol. The van der Waals surface area contributed by atoms with Crippen molar-refractivity contribution in [2.24, 2.45) is 11.3 Å². The molecule has 2 amide bonds. The van der Waals surface area contributed by atoms with Gasteiger partial charge in [-0.3, -0.25) is 19.2 Å². The van der Waals surface area contributed by atoms with Gasteiger partial charge >= 0.3 is 0 Å². The van der Waals surface area contributed by atoms with E-state index in [-0.39, 0.29) is 11.7 Å². The first-order chi connectivity index (χ1) is 13.2. The molecule has 0 unspecified atom stereocenters. The van der Waals surface area contributed by atoms with E-state index in [0.717, 1.165) is 30.9 Å². The van der Waals surface area contributed by atoms with Crippen LogP contribution in [0.25, 0.3) is 0 Å². The van der Waals surface area contributed by atoms with E-state index < -0.39 is 11.9 Å². The summed E-state index contributed by atoms with van der Waals surface area (Å²) in [5.41, 5.74) is 1.27. The lowest BCUT2D eigenvalue weighted by molar-refractivity contribution is -0.120. The number of anilines is 1. The van der Waals surface area contributed by atoms with E-state index in [9.17, 15) is 9.59 Å². The fourth-order valence-corrected chi connectivity index (χ4v) is 4.43. The van der Waals surface area contributed by atoms with Crippen LogP contribution < -0.4 is 10.2 Å². The number of hydrogen-bond donors (Lipinski definition) is 1. The van der Waals surface area contributed by atoms with Crippen LogP contribution in [0.5, 0.6) is 0 Å². The Labute approximate surface area is 164 Å². The lowest BCUT2D eigenvalue weighted by Crippen LogP contribution is -2.47. The fraction of sp³-hybridized carbons (Fsp3) is 0.632. The molecular weight excluding hydrogens is 358 g/mol. The van der Waals surface area contributed by atoms with Crippen LogP contribution in [-0.4, -0.2) is 49.4 Å². The highest BCUT2D eigenvalue weighted by atomic mass is 16.2. The van der Waals surface area contributed by atoms with Crippen LogP contribution in [0.1, 0.15) is 49.4 Å². The average Bonchev–Trinajstić information content (AvgIpc) is 3.19. The third-order valence-electron chi connectivity index (χ3n) is 5.66. The Morgan fingerprint density at radius 3 is 2.79 bits per heavy atom. The van der Waals surface area contributed by atoms with Gasteiger partial charge in [0.15, 0.2) is 0 Å². The van der Waals surface area contributed by atoms with Crippen LogP contribution in [0, 0.1) is 18.3 Å². The van der Waals surface area contributed by atoms with Crippen molar-refractivity contribution in [3.8, 4) is 0 Å². The molecule has 9 heteroatoms. The molecule has 1 saturated carbocycles. The smallest absolute Gasteiger partial charge is 0.291 e. The Morgan fingerprint density at radius 1 is 1.32 bits per heavy atom. The second kappa shape index (κ2) is 6.72. The average molecular weight is 385 g/mol. The molecule has 1 N–H and O–H groups in total. The first kappa shape index (κ1) is 18.6. The van der Waals surface area contributed by atoms with Gasteiger partial charge in [0.05, 0.1) is 5.69 Å². The first-order valence-corrected chi connectivity index (χ1v) is 9.74. The number of carbonyl (C=O) groups excluding carboxylic acids is 2. The van der Waals surface area contributed by atoms with Crippen molar-refractivity contribution in [2.75, 3.05) is 11.9 Å². The number of aromatic nitrogens is 5. The van der Waals surface area contributed by atoms with Gasteiger partial charge in [-0.2, -0.15) is 5.10 Å². The van der Waals surface area contributed by atoms with Gasteiger partial charge in [0.1, 0.15) is 18.2 Å². The largest absolute Gasteiger partial charge is 0.337 e. The summed E-state index contributed by atoms with van der Waals surface area (Å²) in [6.07, 6.45) is 4.39. The Bertz CT molecular complexity index is 905. The summed E-state index contributed by atoms with van der Waals surface area (Å²) in [4.78, 5) is 31.0. The van der Waals surface area contributed by atoms with Crippen molar-refractivity contribution >= 4 is 17.6 Å². The second-order valence-electron chi connectivity index (χ2n) is 8.81. The molecule has 3 heterocycles. The molecule has 2 aromatic heterocycles. The Balaban J connectivity index is 1.38. The summed E-state index contributed by atoms with van der Waals surface area (Å²) < 4.78 is 3.53. The van der Waals surface area contributed by atoms with E-state index >= 15 is 0 Å². The topological polar surface area (TPSA) is 97.9 Å². The molecular formula is C19H27N7O2. The summed E-state index contributed by atoms with van der Waals surface area (Å²) in [6, 6.07) is 1.24. The van der Waals surface area contributed by atoms with Gasteiger partial charge in [0.25, 0.3) is 11.8 Å². The van der Waals surface area contributed by atoms with E-state index in [0.29, 0.717) is 24.3 Å². The summed E-state index contributed by atoms with van der Waals surface area (Å²) in [5, 5.41) is 11.5. The molecule has 2 aromatic rings. The molecule has 2 aliphatic rings. The maximum Gasteiger partial charge on any atom is 0.291 e. The van der Waals surface area contributed by atoms with Crippen molar-refractivity contribution in [1.29, 1.82) is 0 Å². The number of nitrogens with zero attached hydrogens (tertiary/aromatic N) is 6. The molecule has 0 spiro atoms. The minimum absolute atomic E-state index is 0.104. The number of nitrogens with one attached hydrogen (secondary N) is 1. The first-order valence-electron chi connectivity index (χ1n) is 9.74. The van der Waals surface area contributed by atoms with Crippen molar-refractivity contribution < 1.29 is 9.59 Å². The van der Waals surface area contributed by atoms with Gasteiger partial charge in [-0.05, 0) is 37.5 Å². The number of rotatable bonds is 4. The van der Waals surface area contributed by atoms with Gasteiger partial charge < -0.3 is 5.32 Å². The summed E-state index contributed by atoms with van der Waals surface area (Å²) >= 11 is 0. The molecule has 0 bridgehead atoms. The molecule has 0 aromatic carbocycles. The molecule has 4 rings (SSSR count). The van der Waals surface area contributed by atoms with Crippen molar-refractivity contribution in [3.63, 3.8) is 0 Å². The van der Waals surface area contributed by atoms with E-state index in [2.05, 4.69) is 34.3 Å². The lowest BCUT2D eigenvalue weighted by atomic mass is 9.64. The molecule has 1 fully saturated rings. The number of fused-ring (bicyclic) bond motifs is 1. The third kappa shape index (κ3) is 3.53. The van der Waals surface area contributed by atoms with Gasteiger partial charge in [-0.1, -0.05) is 13.8 Å². The van der Waals surface area contributed by atoms with E-state index in [1.165, 1.54) is 0 Å². The van der Waals surface area contributed by atoms with Gasteiger partial charge in [0, 0.05) is 26.2 Å². The zero-order valence-corrected chi connectivity index (χ0v) is 16.8. The van der Waals surface area contributed by atoms with Crippen LogP contribution in [0.15, 0.2) is 12.4 Å². The van der Waals surface area contributed by atoms with Gasteiger partial charge in [-0.25, -0.2) is 9.67 Å². The Morgan fingerprint density at radius 2 is 2.07 bits per heavy atom. The van der Waals surface area contributed by atoms with Crippen molar-refractivity contribution in [1.82, 2.24) is 29.9 Å². The zero-order chi connectivity index (χ0) is 20.1. The Kier molecular flexibility index (Phi) is 4.47. The SMILES string of the molecule is Cc1cc2n(n1)CC[C@H](NC(=O)c1ncn(CC3CC(C)(C)C3)n1)C(=O)N2C. The second-order valence-corrected chi connectivity index (χ2v) is 8.81. The van der Waals surface area contributed by atoms with E-state index in [1.54, 1.807) is 27.6 Å². The normalized spacial score (nSPS) is 21.8. The fourth-order valence-electron chi connectivity index (χ4n) is 4.43. The highest BCUT2D eigenvalue weighted by Gasteiger charge is 2.36.